The van der Waals surface area contributed by atoms with Gasteiger partial charge in [0.25, 0.3) is 0 Å². The SMILES string of the molecule is CCC(=O)C1CCCNC1.Cc1ccc(O)cc1. The van der Waals surface area contributed by atoms with E-state index in [1.54, 1.807) is 12.1 Å². The Labute approximate surface area is 109 Å². The zero-order valence-electron chi connectivity index (χ0n) is 11.3. The Morgan fingerprint density at radius 3 is 2.50 bits per heavy atom. The maximum Gasteiger partial charge on any atom is 0.136 e. The van der Waals surface area contributed by atoms with E-state index in [2.05, 4.69) is 5.32 Å². The third-order valence-corrected chi connectivity index (χ3v) is 3.13. The minimum atomic E-state index is 0.318. The standard InChI is InChI=1S/C8H15NO.C7H8O/c1-2-8(10)7-4-3-5-9-6-7;1-6-2-4-7(8)5-3-6/h7,9H,2-6H2,1H3;2-5,8H,1H3. The lowest BCUT2D eigenvalue weighted by Crippen LogP contribution is -2.34. The summed E-state index contributed by atoms with van der Waals surface area (Å²) >= 11 is 0. The van der Waals surface area contributed by atoms with E-state index in [1.165, 1.54) is 5.56 Å². The van der Waals surface area contributed by atoms with Crippen molar-refractivity contribution in [1.29, 1.82) is 0 Å². The van der Waals surface area contributed by atoms with E-state index in [0.717, 1.165) is 25.9 Å². The van der Waals surface area contributed by atoms with Gasteiger partial charge >= 0.3 is 0 Å². The number of Topliss-reactive ketones (excluding diaryl/α,β-unsaturated/α-hetero) is 1. The van der Waals surface area contributed by atoms with Crippen molar-refractivity contribution in [2.45, 2.75) is 33.1 Å². The Bertz CT molecular complexity index is 332. The molecule has 1 aromatic carbocycles. The lowest BCUT2D eigenvalue weighted by molar-refractivity contribution is -0.123. The molecule has 3 heteroatoms. The Hall–Kier alpha value is -1.35. The first-order valence-electron chi connectivity index (χ1n) is 6.62. The molecule has 0 saturated carbocycles. The largest absolute Gasteiger partial charge is 0.508 e. The second-order valence-electron chi connectivity index (χ2n) is 4.70. The minimum absolute atomic E-state index is 0.318. The van der Waals surface area contributed by atoms with E-state index in [1.807, 2.05) is 26.0 Å². The van der Waals surface area contributed by atoms with Crippen LogP contribution in [0.2, 0.25) is 0 Å². The van der Waals surface area contributed by atoms with Crippen molar-refractivity contribution >= 4 is 5.78 Å². The number of benzene rings is 1. The second-order valence-corrected chi connectivity index (χ2v) is 4.70. The second kappa shape index (κ2) is 7.88. The van der Waals surface area contributed by atoms with Gasteiger partial charge in [-0.15, -0.1) is 0 Å². The van der Waals surface area contributed by atoms with Crippen LogP contribution in [-0.4, -0.2) is 24.0 Å². The van der Waals surface area contributed by atoms with Gasteiger partial charge in [-0.2, -0.15) is 0 Å². The number of phenols is 1. The number of carbonyl (C=O) groups excluding carboxylic acids is 1. The van der Waals surface area contributed by atoms with Crippen LogP contribution in [0.25, 0.3) is 0 Å². The number of hydrogen-bond donors (Lipinski definition) is 2. The van der Waals surface area contributed by atoms with E-state index in [4.69, 9.17) is 5.11 Å². The number of ketones is 1. The van der Waals surface area contributed by atoms with Crippen LogP contribution in [0, 0.1) is 12.8 Å². The quantitative estimate of drug-likeness (QED) is 0.847. The molecule has 1 saturated heterocycles. The highest BCUT2D eigenvalue weighted by Crippen LogP contribution is 2.11. The minimum Gasteiger partial charge on any atom is -0.508 e. The van der Waals surface area contributed by atoms with Gasteiger partial charge in [-0.05, 0) is 38.4 Å². The summed E-state index contributed by atoms with van der Waals surface area (Å²) < 4.78 is 0. The predicted octanol–water partition coefficient (Wildman–Crippen LogP) is 2.67. The van der Waals surface area contributed by atoms with E-state index in [9.17, 15) is 4.79 Å². The number of nitrogens with one attached hydrogen (secondary N) is 1. The number of hydrogen-bond acceptors (Lipinski definition) is 3. The van der Waals surface area contributed by atoms with Crippen molar-refractivity contribution in [1.82, 2.24) is 5.32 Å². The third kappa shape index (κ3) is 5.32. The molecule has 0 radical (unpaired) electrons. The molecule has 0 aliphatic carbocycles. The van der Waals surface area contributed by atoms with Crippen LogP contribution in [0.3, 0.4) is 0 Å². The lowest BCUT2D eigenvalue weighted by atomic mass is 9.94. The molecule has 1 heterocycles. The highest BCUT2D eigenvalue weighted by Gasteiger charge is 2.18. The normalized spacial score (nSPS) is 18.7. The maximum atomic E-state index is 11.1. The summed E-state index contributed by atoms with van der Waals surface area (Å²) in [4.78, 5) is 11.1. The molecule has 2 rings (SSSR count). The van der Waals surface area contributed by atoms with Crippen LogP contribution in [-0.2, 0) is 4.79 Å². The molecule has 3 nitrogen and oxygen atoms in total. The lowest BCUT2D eigenvalue weighted by Gasteiger charge is -2.20. The first kappa shape index (κ1) is 14.7. The summed E-state index contributed by atoms with van der Waals surface area (Å²) in [5.74, 6) is 1.07. The highest BCUT2D eigenvalue weighted by molar-refractivity contribution is 5.80. The Kier molecular flexibility index (Phi) is 6.44. The molecule has 0 amide bonds. The fourth-order valence-corrected chi connectivity index (χ4v) is 1.96. The van der Waals surface area contributed by atoms with Crippen LogP contribution < -0.4 is 5.32 Å². The number of carbonyl (C=O) groups is 1. The summed E-state index contributed by atoms with van der Waals surface area (Å²) in [6.45, 7) is 5.93. The summed E-state index contributed by atoms with van der Waals surface area (Å²) in [5.41, 5.74) is 1.17. The fraction of sp³-hybridized carbons (Fsp3) is 0.533. The summed E-state index contributed by atoms with van der Waals surface area (Å²) in [7, 11) is 0. The first-order valence-corrected chi connectivity index (χ1v) is 6.62. The van der Waals surface area contributed by atoms with Gasteiger partial charge < -0.3 is 10.4 Å². The Morgan fingerprint density at radius 1 is 1.39 bits per heavy atom. The van der Waals surface area contributed by atoms with Gasteiger partial charge in [0.1, 0.15) is 11.5 Å². The van der Waals surface area contributed by atoms with E-state index < -0.39 is 0 Å². The van der Waals surface area contributed by atoms with Crippen LogP contribution >= 0.6 is 0 Å². The molecular weight excluding hydrogens is 226 g/mol. The predicted molar refractivity (Wildman–Crippen MR) is 73.7 cm³/mol. The molecule has 1 atom stereocenters. The molecule has 0 aromatic heterocycles. The summed E-state index contributed by atoms with van der Waals surface area (Å²) in [5, 5.41) is 12.0. The summed E-state index contributed by atoms with van der Waals surface area (Å²) in [6, 6.07) is 7.09. The van der Waals surface area contributed by atoms with Gasteiger partial charge in [-0.3, -0.25) is 4.79 Å². The molecule has 18 heavy (non-hydrogen) atoms. The molecule has 1 aromatic rings. The molecule has 1 aliphatic rings. The van der Waals surface area contributed by atoms with Gasteiger partial charge in [-0.25, -0.2) is 0 Å². The molecule has 0 spiro atoms. The van der Waals surface area contributed by atoms with Crippen LogP contribution in [0.15, 0.2) is 24.3 Å². The average molecular weight is 249 g/mol. The van der Waals surface area contributed by atoms with Crippen molar-refractivity contribution < 1.29 is 9.90 Å². The van der Waals surface area contributed by atoms with E-state index in [-0.39, 0.29) is 0 Å². The molecule has 1 unspecified atom stereocenters. The van der Waals surface area contributed by atoms with Gasteiger partial charge in [-0.1, -0.05) is 24.6 Å². The van der Waals surface area contributed by atoms with Gasteiger partial charge in [0, 0.05) is 18.9 Å². The molecule has 0 bridgehead atoms. The van der Waals surface area contributed by atoms with Crippen molar-refractivity contribution in [3.63, 3.8) is 0 Å². The van der Waals surface area contributed by atoms with Crippen molar-refractivity contribution in [2.24, 2.45) is 5.92 Å². The number of phenolic OH excluding ortho intramolecular Hbond substituents is 1. The van der Waals surface area contributed by atoms with Gasteiger partial charge in [0.2, 0.25) is 0 Å². The Morgan fingerprint density at radius 2 is 2.06 bits per heavy atom. The number of aryl methyl sites for hydroxylation is 1. The van der Waals surface area contributed by atoms with Crippen LogP contribution in [0.1, 0.15) is 31.7 Å². The number of piperidine rings is 1. The molecule has 1 aliphatic heterocycles. The molecule has 100 valence electrons. The molecule has 2 N–H and O–H groups in total. The van der Waals surface area contributed by atoms with E-state index in [0.29, 0.717) is 23.9 Å². The van der Waals surface area contributed by atoms with Crippen molar-refractivity contribution in [3.8, 4) is 5.75 Å². The topological polar surface area (TPSA) is 49.3 Å². The van der Waals surface area contributed by atoms with Gasteiger partial charge in [0.05, 0.1) is 0 Å². The van der Waals surface area contributed by atoms with Crippen molar-refractivity contribution in [3.05, 3.63) is 29.8 Å². The first-order chi connectivity index (χ1) is 8.63. The average Bonchev–Trinajstić information content (AvgIpc) is 2.43. The zero-order chi connectivity index (χ0) is 13.4. The van der Waals surface area contributed by atoms with E-state index >= 15 is 0 Å². The smallest absolute Gasteiger partial charge is 0.136 e. The molecular formula is C15H23NO2. The summed E-state index contributed by atoms with van der Waals surface area (Å²) in [6.07, 6.45) is 2.96. The molecule has 1 fully saturated rings. The maximum absolute atomic E-state index is 11.1. The number of aromatic hydroxyl groups is 1. The van der Waals surface area contributed by atoms with Crippen LogP contribution in [0.5, 0.6) is 5.75 Å². The Balaban J connectivity index is 0.000000184. The number of rotatable bonds is 2. The monoisotopic (exact) mass is 249 g/mol. The highest BCUT2D eigenvalue weighted by atomic mass is 16.3. The van der Waals surface area contributed by atoms with Crippen LogP contribution in [0.4, 0.5) is 0 Å². The third-order valence-electron chi connectivity index (χ3n) is 3.13. The van der Waals surface area contributed by atoms with Crippen molar-refractivity contribution in [2.75, 3.05) is 13.1 Å². The fourth-order valence-electron chi connectivity index (χ4n) is 1.96. The van der Waals surface area contributed by atoms with Gasteiger partial charge in [0.15, 0.2) is 0 Å². The zero-order valence-corrected chi connectivity index (χ0v) is 11.3.